The van der Waals surface area contributed by atoms with Crippen LogP contribution < -0.4 is 10.1 Å². The number of ether oxygens (including phenoxy) is 1. The van der Waals surface area contributed by atoms with Crippen molar-refractivity contribution in [1.29, 1.82) is 0 Å². The third-order valence-corrected chi connectivity index (χ3v) is 4.44. The number of benzene rings is 1. The first-order valence-corrected chi connectivity index (χ1v) is 8.72. The quantitative estimate of drug-likeness (QED) is 0.891. The van der Waals surface area contributed by atoms with Gasteiger partial charge in [0.15, 0.2) is 5.13 Å². The molecule has 4 nitrogen and oxygen atoms in total. The first-order valence-electron chi connectivity index (χ1n) is 6.18. The van der Waals surface area contributed by atoms with E-state index in [2.05, 4.69) is 10.3 Å². The summed E-state index contributed by atoms with van der Waals surface area (Å²) < 4.78 is 17.7. The topological polar surface area (TPSA) is 51.2 Å². The largest absolute Gasteiger partial charge is 0.494 e. The third kappa shape index (κ3) is 3.91. The van der Waals surface area contributed by atoms with E-state index in [4.69, 9.17) is 4.74 Å². The Morgan fingerprint density at radius 1 is 1.53 bits per heavy atom. The molecule has 0 saturated heterocycles. The molecule has 1 heterocycles. The monoisotopic (exact) mass is 298 g/mol. The minimum atomic E-state index is -0.799. The Labute approximate surface area is 119 Å². The van der Waals surface area contributed by atoms with Gasteiger partial charge >= 0.3 is 0 Å². The molecule has 104 valence electrons. The molecule has 1 N–H and O–H groups in total. The molecule has 0 aliphatic rings. The van der Waals surface area contributed by atoms with Gasteiger partial charge in [-0.05, 0) is 32.0 Å². The first kappa shape index (κ1) is 14.3. The van der Waals surface area contributed by atoms with Crippen molar-refractivity contribution in [3.63, 3.8) is 0 Å². The van der Waals surface area contributed by atoms with E-state index in [0.717, 1.165) is 21.1 Å². The zero-order valence-electron chi connectivity index (χ0n) is 11.3. The molecular weight excluding hydrogens is 280 g/mol. The lowest BCUT2D eigenvalue weighted by molar-refractivity contribution is 0.341. The Balaban J connectivity index is 2.14. The predicted molar refractivity (Wildman–Crippen MR) is 82.8 cm³/mol. The number of aromatic nitrogens is 1. The van der Waals surface area contributed by atoms with Gasteiger partial charge < -0.3 is 10.1 Å². The summed E-state index contributed by atoms with van der Waals surface area (Å²) in [5, 5.41) is 4.15. The molecule has 2 atom stereocenters. The van der Waals surface area contributed by atoms with Gasteiger partial charge in [0.05, 0.1) is 16.8 Å². The SMILES string of the molecule is CCOc1ccc2nc(NC(C)CS(C)=O)sc2c1. The van der Waals surface area contributed by atoms with Crippen molar-refractivity contribution in [3.8, 4) is 5.75 Å². The third-order valence-electron chi connectivity index (χ3n) is 2.53. The summed E-state index contributed by atoms with van der Waals surface area (Å²) in [7, 11) is -0.799. The van der Waals surface area contributed by atoms with Crippen LogP contribution in [0.3, 0.4) is 0 Å². The standard InChI is InChI=1S/C13H18N2O2S2/c1-4-17-10-5-6-11-12(7-10)18-13(15-11)14-9(2)8-19(3)16/h5-7,9H,4,8H2,1-3H3,(H,14,15). The van der Waals surface area contributed by atoms with E-state index in [9.17, 15) is 4.21 Å². The van der Waals surface area contributed by atoms with Crippen LogP contribution in [0.25, 0.3) is 10.2 Å². The maximum Gasteiger partial charge on any atom is 0.184 e. The van der Waals surface area contributed by atoms with Gasteiger partial charge in [-0.1, -0.05) is 11.3 Å². The molecule has 0 radical (unpaired) electrons. The van der Waals surface area contributed by atoms with Crippen molar-refractivity contribution >= 4 is 37.5 Å². The van der Waals surface area contributed by atoms with E-state index in [0.29, 0.717) is 12.4 Å². The first-order chi connectivity index (χ1) is 9.08. The normalized spacial score (nSPS) is 14.3. The second-order valence-corrected chi connectivity index (χ2v) is 6.88. The van der Waals surface area contributed by atoms with Crippen LogP contribution in [0.5, 0.6) is 5.75 Å². The van der Waals surface area contributed by atoms with Crippen LogP contribution >= 0.6 is 11.3 Å². The van der Waals surface area contributed by atoms with Crippen LogP contribution in [0.15, 0.2) is 18.2 Å². The number of nitrogens with one attached hydrogen (secondary N) is 1. The van der Waals surface area contributed by atoms with E-state index >= 15 is 0 Å². The van der Waals surface area contributed by atoms with Crippen molar-refractivity contribution in [1.82, 2.24) is 4.98 Å². The highest BCUT2D eigenvalue weighted by atomic mass is 32.2. The molecular formula is C13H18N2O2S2. The molecule has 6 heteroatoms. The molecule has 0 fully saturated rings. The number of rotatable bonds is 6. The molecule has 1 aromatic heterocycles. The van der Waals surface area contributed by atoms with Gasteiger partial charge in [-0.2, -0.15) is 0 Å². The molecule has 2 aromatic rings. The molecule has 0 aliphatic heterocycles. The van der Waals surface area contributed by atoms with E-state index in [-0.39, 0.29) is 6.04 Å². The number of thiazole rings is 1. The van der Waals surface area contributed by atoms with Crippen LogP contribution in [0, 0.1) is 0 Å². The highest BCUT2D eigenvalue weighted by molar-refractivity contribution is 7.84. The fourth-order valence-corrected chi connectivity index (χ4v) is 3.62. The fourth-order valence-electron chi connectivity index (χ4n) is 1.83. The lowest BCUT2D eigenvalue weighted by Gasteiger charge is -2.10. The van der Waals surface area contributed by atoms with Crippen molar-refractivity contribution in [3.05, 3.63) is 18.2 Å². The summed E-state index contributed by atoms with van der Waals surface area (Å²) in [6.07, 6.45) is 1.71. The zero-order chi connectivity index (χ0) is 13.8. The van der Waals surface area contributed by atoms with Gasteiger partial charge in [-0.3, -0.25) is 4.21 Å². The lowest BCUT2D eigenvalue weighted by atomic mass is 10.3. The summed E-state index contributed by atoms with van der Waals surface area (Å²) in [5.74, 6) is 1.49. The molecule has 0 amide bonds. The average molecular weight is 298 g/mol. The Morgan fingerprint density at radius 3 is 3.00 bits per heavy atom. The summed E-state index contributed by atoms with van der Waals surface area (Å²) in [6.45, 7) is 4.64. The number of hydrogen-bond donors (Lipinski definition) is 1. The van der Waals surface area contributed by atoms with Crippen LogP contribution in [0.2, 0.25) is 0 Å². The molecule has 0 bridgehead atoms. The zero-order valence-corrected chi connectivity index (χ0v) is 12.9. The second-order valence-electron chi connectivity index (χ2n) is 4.37. The van der Waals surface area contributed by atoms with Crippen molar-refractivity contribution in [2.75, 3.05) is 23.9 Å². The van der Waals surface area contributed by atoms with Crippen molar-refractivity contribution in [2.45, 2.75) is 19.9 Å². The molecule has 0 saturated carbocycles. The maximum atomic E-state index is 11.2. The molecule has 2 rings (SSSR count). The van der Waals surface area contributed by atoms with E-state index in [1.54, 1.807) is 17.6 Å². The molecule has 0 aliphatic carbocycles. The van der Waals surface area contributed by atoms with Gasteiger partial charge in [-0.25, -0.2) is 4.98 Å². The molecule has 1 aromatic carbocycles. The Hall–Kier alpha value is -1.14. The van der Waals surface area contributed by atoms with Gasteiger partial charge in [0.25, 0.3) is 0 Å². The summed E-state index contributed by atoms with van der Waals surface area (Å²) in [5.41, 5.74) is 0.959. The van der Waals surface area contributed by atoms with Gasteiger partial charge in [0, 0.05) is 28.9 Å². The van der Waals surface area contributed by atoms with E-state index in [1.807, 2.05) is 32.0 Å². The maximum absolute atomic E-state index is 11.2. The van der Waals surface area contributed by atoms with Crippen LogP contribution in [-0.2, 0) is 10.8 Å². The summed E-state index contributed by atoms with van der Waals surface area (Å²) in [4.78, 5) is 4.51. The van der Waals surface area contributed by atoms with Crippen LogP contribution in [-0.4, -0.2) is 33.9 Å². The molecule has 0 spiro atoms. The van der Waals surface area contributed by atoms with Crippen molar-refractivity contribution in [2.24, 2.45) is 0 Å². The minimum Gasteiger partial charge on any atom is -0.494 e. The van der Waals surface area contributed by atoms with Crippen LogP contribution in [0.4, 0.5) is 5.13 Å². The highest BCUT2D eigenvalue weighted by Crippen LogP contribution is 2.29. The fraction of sp³-hybridized carbons (Fsp3) is 0.462. The Kier molecular flexibility index (Phi) is 4.76. The highest BCUT2D eigenvalue weighted by Gasteiger charge is 2.09. The van der Waals surface area contributed by atoms with Gasteiger partial charge in [0.1, 0.15) is 5.75 Å². The van der Waals surface area contributed by atoms with E-state index < -0.39 is 10.8 Å². The minimum absolute atomic E-state index is 0.151. The summed E-state index contributed by atoms with van der Waals surface area (Å²) in [6, 6.07) is 6.05. The Morgan fingerprint density at radius 2 is 2.32 bits per heavy atom. The number of fused-ring (bicyclic) bond motifs is 1. The number of nitrogens with zero attached hydrogens (tertiary/aromatic N) is 1. The van der Waals surface area contributed by atoms with Crippen LogP contribution in [0.1, 0.15) is 13.8 Å². The lowest BCUT2D eigenvalue weighted by Crippen LogP contribution is -2.21. The molecule has 2 unspecified atom stereocenters. The smallest absolute Gasteiger partial charge is 0.184 e. The predicted octanol–water partition coefficient (Wildman–Crippen LogP) is 2.87. The number of anilines is 1. The van der Waals surface area contributed by atoms with Crippen molar-refractivity contribution < 1.29 is 8.95 Å². The Bertz CT molecular complexity index is 583. The number of hydrogen-bond acceptors (Lipinski definition) is 5. The van der Waals surface area contributed by atoms with E-state index in [1.165, 1.54) is 0 Å². The average Bonchev–Trinajstić information content (AvgIpc) is 2.69. The second kappa shape index (κ2) is 6.34. The van der Waals surface area contributed by atoms with Gasteiger partial charge in [-0.15, -0.1) is 0 Å². The van der Waals surface area contributed by atoms with Gasteiger partial charge in [0.2, 0.25) is 0 Å². The summed E-state index contributed by atoms with van der Waals surface area (Å²) >= 11 is 1.59. The molecule has 19 heavy (non-hydrogen) atoms.